The smallest absolute Gasteiger partial charge is 0.193 e. The van der Waals surface area contributed by atoms with Gasteiger partial charge in [0.05, 0.1) is 0 Å². The lowest BCUT2D eigenvalue weighted by atomic mass is 10.2. The second kappa shape index (κ2) is 8.15. The van der Waals surface area contributed by atoms with Gasteiger partial charge in [-0.25, -0.2) is 0 Å². The molecule has 1 rings (SSSR count). The molecule has 0 unspecified atom stereocenters. The lowest BCUT2D eigenvalue weighted by molar-refractivity contribution is 0.454. The molecule has 0 spiro atoms. The molecule has 1 aliphatic rings. The molecule has 0 heterocycles. The van der Waals surface area contributed by atoms with Crippen LogP contribution < -0.4 is 5.32 Å². The molecule has 0 aromatic heterocycles. The van der Waals surface area contributed by atoms with Crippen LogP contribution in [0.5, 0.6) is 0 Å². The molecule has 0 amide bonds. The van der Waals surface area contributed by atoms with Crippen molar-refractivity contribution in [2.45, 2.75) is 51.5 Å². The summed E-state index contributed by atoms with van der Waals surface area (Å²) >= 11 is 0. The Kier molecular flexibility index (Phi) is 6.75. The number of guanidine groups is 1. The molecular weight excluding hydrogens is 210 g/mol. The first-order valence-corrected chi connectivity index (χ1v) is 6.91. The summed E-state index contributed by atoms with van der Waals surface area (Å²) in [6.07, 6.45) is 9.51. The van der Waals surface area contributed by atoms with Crippen LogP contribution >= 0.6 is 0 Å². The highest BCUT2D eigenvalue weighted by atomic mass is 15.3. The van der Waals surface area contributed by atoms with Crippen LogP contribution in [0.1, 0.15) is 45.4 Å². The van der Waals surface area contributed by atoms with Crippen LogP contribution in [0, 0.1) is 0 Å². The van der Waals surface area contributed by atoms with Crippen molar-refractivity contribution in [2.75, 3.05) is 20.1 Å². The van der Waals surface area contributed by atoms with Gasteiger partial charge in [-0.3, -0.25) is 4.99 Å². The third-order valence-corrected chi connectivity index (χ3v) is 2.98. The van der Waals surface area contributed by atoms with Crippen molar-refractivity contribution in [1.82, 2.24) is 10.2 Å². The van der Waals surface area contributed by atoms with E-state index in [2.05, 4.69) is 35.8 Å². The molecule has 17 heavy (non-hydrogen) atoms. The Bertz CT molecular complexity index is 244. The number of allylic oxidation sites excluding steroid dienone is 1. The Hall–Kier alpha value is -0.990. The zero-order valence-electron chi connectivity index (χ0n) is 11.4. The van der Waals surface area contributed by atoms with Gasteiger partial charge in [-0.15, -0.1) is 6.58 Å². The molecule has 0 saturated heterocycles. The fourth-order valence-corrected chi connectivity index (χ4v) is 1.76. The number of unbranched alkanes of at least 4 members (excludes halogenated alkanes) is 3. The molecule has 98 valence electrons. The van der Waals surface area contributed by atoms with E-state index in [0.29, 0.717) is 6.04 Å². The third kappa shape index (κ3) is 6.35. The van der Waals surface area contributed by atoms with E-state index in [1.165, 1.54) is 32.1 Å². The number of nitrogens with one attached hydrogen (secondary N) is 1. The SMILES string of the molecule is C=CCCCCCN(C)C(=NCC)NC1CC1. The monoisotopic (exact) mass is 237 g/mol. The first kappa shape index (κ1) is 14.1. The fraction of sp³-hybridized carbons (Fsp3) is 0.786. The number of aliphatic imine (C=N–C) groups is 1. The minimum atomic E-state index is 0.684. The van der Waals surface area contributed by atoms with Crippen LogP contribution in [0.2, 0.25) is 0 Å². The number of rotatable bonds is 8. The van der Waals surface area contributed by atoms with E-state index in [1.807, 2.05) is 6.08 Å². The molecule has 0 bridgehead atoms. The maximum atomic E-state index is 4.53. The Labute approximate surface area is 106 Å². The molecule has 1 saturated carbocycles. The summed E-state index contributed by atoms with van der Waals surface area (Å²) in [5, 5.41) is 3.50. The molecule has 3 nitrogen and oxygen atoms in total. The standard InChI is InChI=1S/C14H27N3/c1-4-6-7-8-9-12-17(3)14(15-5-2)16-13-10-11-13/h4,13H,1,5-12H2,2-3H3,(H,15,16). The van der Waals surface area contributed by atoms with E-state index in [0.717, 1.165) is 25.5 Å². The lowest BCUT2D eigenvalue weighted by Crippen LogP contribution is -2.40. The molecule has 0 aromatic carbocycles. The van der Waals surface area contributed by atoms with Crippen LogP contribution in [-0.4, -0.2) is 37.0 Å². The van der Waals surface area contributed by atoms with Gasteiger partial charge in [-0.05, 0) is 39.0 Å². The summed E-state index contributed by atoms with van der Waals surface area (Å²) in [6.45, 7) is 7.79. The minimum absolute atomic E-state index is 0.684. The van der Waals surface area contributed by atoms with Gasteiger partial charge in [0.15, 0.2) is 5.96 Å². The van der Waals surface area contributed by atoms with Crippen LogP contribution in [0.4, 0.5) is 0 Å². The Balaban J connectivity index is 2.19. The van der Waals surface area contributed by atoms with E-state index in [1.54, 1.807) is 0 Å². The highest BCUT2D eigenvalue weighted by Gasteiger charge is 2.23. The minimum Gasteiger partial charge on any atom is -0.354 e. The van der Waals surface area contributed by atoms with Crippen molar-refractivity contribution in [3.63, 3.8) is 0 Å². The van der Waals surface area contributed by atoms with Crippen molar-refractivity contribution in [3.05, 3.63) is 12.7 Å². The Morgan fingerprint density at radius 3 is 2.76 bits per heavy atom. The van der Waals surface area contributed by atoms with Crippen LogP contribution in [0.3, 0.4) is 0 Å². The molecule has 3 heteroatoms. The van der Waals surface area contributed by atoms with Gasteiger partial charge in [-0.1, -0.05) is 12.5 Å². The van der Waals surface area contributed by atoms with Gasteiger partial charge in [0.1, 0.15) is 0 Å². The third-order valence-electron chi connectivity index (χ3n) is 2.98. The predicted octanol–water partition coefficient (Wildman–Crippen LogP) is 2.79. The summed E-state index contributed by atoms with van der Waals surface area (Å²) in [7, 11) is 2.14. The number of hydrogen-bond acceptors (Lipinski definition) is 1. The Morgan fingerprint density at radius 2 is 2.18 bits per heavy atom. The zero-order valence-corrected chi connectivity index (χ0v) is 11.4. The Morgan fingerprint density at radius 1 is 1.41 bits per heavy atom. The van der Waals surface area contributed by atoms with Crippen molar-refractivity contribution >= 4 is 5.96 Å². The molecule has 0 radical (unpaired) electrons. The normalized spacial score (nSPS) is 15.8. The van der Waals surface area contributed by atoms with Crippen molar-refractivity contribution in [1.29, 1.82) is 0 Å². The van der Waals surface area contributed by atoms with Gasteiger partial charge < -0.3 is 10.2 Å². The van der Waals surface area contributed by atoms with Crippen molar-refractivity contribution in [2.24, 2.45) is 4.99 Å². The van der Waals surface area contributed by atoms with E-state index in [4.69, 9.17) is 0 Å². The second-order valence-corrected chi connectivity index (χ2v) is 4.78. The van der Waals surface area contributed by atoms with Gasteiger partial charge in [-0.2, -0.15) is 0 Å². The number of hydrogen-bond donors (Lipinski definition) is 1. The average molecular weight is 237 g/mol. The molecule has 0 aliphatic heterocycles. The first-order chi connectivity index (χ1) is 8.27. The molecule has 0 aromatic rings. The van der Waals surface area contributed by atoms with E-state index in [9.17, 15) is 0 Å². The molecule has 1 aliphatic carbocycles. The quantitative estimate of drug-likeness (QED) is 0.304. The first-order valence-electron chi connectivity index (χ1n) is 6.91. The molecule has 0 atom stereocenters. The van der Waals surface area contributed by atoms with Gasteiger partial charge >= 0.3 is 0 Å². The lowest BCUT2D eigenvalue weighted by Gasteiger charge is -2.22. The molecule has 1 N–H and O–H groups in total. The van der Waals surface area contributed by atoms with E-state index >= 15 is 0 Å². The highest BCUT2D eigenvalue weighted by Crippen LogP contribution is 2.18. The van der Waals surface area contributed by atoms with Crippen LogP contribution in [0.25, 0.3) is 0 Å². The summed E-state index contributed by atoms with van der Waals surface area (Å²) in [5.74, 6) is 1.08. The second-order valence-electron chi connectivity index (χ2n) is 4.78. The highest BCUT2D eigenvalue weighted by molar-refractivity contribution is 5.80. The van der Waals surface area contributed by atoms with Crippen LogP contribution in [-0.2, 0) is 0 Å². The summed E-state index contributed by atoms with van der Waals surface area (Å²) in [5.41, 5.74) is 0. The van der Waals surface area contributed by atoms with E-state index < -0.39 is 0 Å². The largest absolute Gasteiger partial charge is 0.354 e. The fourth-order valence-electron chi connectivity index (χ4n) is 1.76. The zero-order chi connectivity index (χ0) is 12.5. The van der Waals surface area contributed by atoms with Gasteiger partial charge in [0.25, 0.3) is 0 Å². The van der Waals surface area contributed by atoms with Gasteiger partial charge in [0, 0.05) is 26.2 Å². The average Bonchev–Trinajstić information content (AvgIpc) is 3.12. The number of nitrogens with zero attached hydrogens (tertiary/aromatic N) is 2. The van der Waals surface area contributed by atoms with Crippen molar-refractivity contribution < 1.29 is 0 Å². The summed E-state index contributed by atoms with van der Waals surface area (Å²) in [6, 6.07) is 0.684. The maximum absolute atomic E-state index is 4.53. The predicted molar refractivity (Wildman–Crippen MR) is 75.4 cm³/mol. The summed E-state index contributed by atoms with van der Waals surface area (Å²) < 4.78 is 0. The maximum Gasteiger partial charge on any atom is 0.193 e. The molecule has 1 fully saturated rings. The van der Waals surface area contributed by atoms with E-state index in [-0.39, 0.29) is 0 Å². The summed E-state index contributed by atoms with van der Waals surface area (Å²) in [4.78, 5) is 6.79. The topological polar surface area (TPSA) is 27.6 Å². The van der Waals surface area contributed by atoms with Crippen LogP contribution in [0.15, 0.2) is 17.6 Å². The van der Waals surface area contributed by atoms with Crippen molar-refractivity contribution in [3.8, 4) is 0 Å². The van der Waals surface area contributed by atoms with Gasteiger partial charge in [0.2, 0.25) is 0 Å². The molecular formula is C14H27N3.